The van der Waals surface area contributed by atoms with Gasteiger partial charge < -0.3 is 4.74 Å². The summed E-state index contributed by atoms with van der Waals surface area (Å²) in [5.41, 5.74) is 0.672. The van der Waals surface area contributed by atoms with Crippen molar-refractivity contribution in [2.45, 2.75) is 6.92 Å². The first-order valence-electron chi connectivity index (χ1n) is 5.51. The average molecular weight is 295 g/mol. The molecule has 3 nitrogen and oxygen atoms in total. The van der Waals surface area contributed by atoms with Gasteiger partial charge in [-0.05, 0) is 36.6 Å². The summed E-state index contributed by atoms with van der Waals surface area (Å²) in [5, 5.41) is 2.19. The Morgan fingerprint density at radius 3 is 2.58 bits per heavy atom. The van der Waals surface area contributed by atoms with Gasteiger partial charge in [0.2, 0.25) is 5.78 Å². The predicted octanol–water partition coefficient (Wildman–Crippen LogP) is 3.84. The van der Waals surface area contributed by atoms with Gasteiger partial charge in [0.15, 0.2) is 5.78 Å². The third-order valence-corrected chi connectivity index (χ3v) is 3.79. The molecule has 0 fully saturated rings. The molecule has 0 spiro atoms. The topological polar surface area (TPSA) is 43.4 Å². The molecule has 0 unspecified atom stereocenters. The number of thiophene rings is 1. The van der Waals surface area contributed by atoms with E-state index in [9.17, 15) is 9.59 Å². The number of hydrogen-bond donors (Lipinski definition) is 0. The van der Waals surface area contributed by atoms with Crippen LogP contribution in [0.4, 0.5) is 0 Å². The number of ketones is 2. The first-order chi connectivity index (χ1) is 9.04. The Hall–Kier alpha value is -1.65. The highest BCUT2D eigenvalue weighted by Crippen LogP contribution is 2.29. The van der Waals surface area contributed by atoms with Crippen molar-refractivity contribution in [1.82, 2.24) is 0 Å². The van der Waals surface area contributed by atoms with Gasteiger partial charge in [-0.1, -0.05) is 11.6 Å². The van der Waals surface area contributed by atoms with Crippen LogP contribution in [-0.2, 0) is 0 Å². The molecular weight excluding hydrogens is 284 g/mol. The molecule has 2 rings (SSSR count). The SMILES string of the molecule is COc1ccsc1C(=O)c1cc(Cl)ccc1C(C)=O. The summed E-state index contributed by atoms with van der Waals surface area (Å²) in [5.74, 6) is 0.0829. The quantitative estimate of drug-likeness (QED) is 0.805. The molecule has 0 aliphatic carbocycles. The smallest absolute Gasteiger partial charge is 0.207 e. The van der Waals surface area contributed by atoms with E-state index < -0.39 is 0 Å². The lowest BCUT2D eigenvalue weighted by Gasteiger charge is -2.07. The fourth-order valence-electron chi connectivity index (χ4n) is 1.76. The third-order valence-electron chi connectivity index (χ3n) is 2.66. The van der Waals surface area contributed by atoms with Crippen LogP contribution in [0.5, 0.6) is 5.75 Å². The summed E-state index contributed by atoms with van der Waals surface area (Å²) >= 11 is 7.18. The highest BCUT2D eigenvalue weighted by Gasteiger charge is 2.21. The Labute approximate surface area is 119 Å². The lowest BCUT2D eigenvalue weighted by atomic mass is 10.00. The Kier molecular flexibility index (Phi) is 4.02. The highest BCUT2D eigenvalue weighted by molar-refractivity contribution is 7.12. The molecule has 0 atom stereocenters. The number of Topliss-reactive ketones (excluding diaryl/α,β-unsaturated/α-hetero) is 1. The molecule has 0 radical (unpaired) electrons. The maximum absolute atomic E-state index is 12.5. The second-order valence-corrected chi connectivity index (χ2v) is 5.25. The Bertz CT molecular complexity index is 646. The normalized spacial score (nSPS) is 10.3. The van der Waals surface area contributed by atoms with E-state index in [1.807, 2.05) is 0 Å². The van der Waals surface area contributed by atoms with Crippen molar-refractivity contribution in [3.63, 3.8) is 0 Å². The summed E-state index contributed by atoms with van der Waals surface area (Å²) in [6.07, 6.45) is 0. The molecule has 0 saturated heterocycles. The third kappa shape index (κ3) is 2.69. The van der Waals surface area contributed by atoms with Crippen molar-refractivity contribution in [2.24, 2.45) is 0 Å². The van der Waals surface area contributed by atoms with Crippen LogP contribution in [0.15, 0.2) is 29.6 Å². The van der Waals surface area contributed by atoms with E-state index in [4.69, 9.17) is 16.3 Å². The monoisotopic (exact) mass is 294 g/mol. The van der Waals surface area contributed by atoms with Crippen molar-refractivity contribution in [3.05, 3.63) is 50.7 Å². The number of hydrogen-bond acceptors (Lipinski definition) is 4. The molecule has 98 valence electrons. The van der Waals surface area contributed by atoms with Gasteiger partial charge in [-0.15, -0.1) is 11.3 Å². The van der Waals surface area contributed by atoms with Crippen LogP contribution in [-0.4, -0.2) is 18.7 Å². The summed E-state index contributed by atoms with van der Waals surface area (Å²) in [6.45, 7) is 1.42. The van der Waals surface area contributed by atoms with Crippen molar-refractivity contribution in [1.29, 1.82) is 0 Å². The lowest BCUT2D eigenvalue weighted by Crippen LogP contribution is -2.08. The molecule has 0 aliphatic rings. The van der Waals surface area contributed by atoms with E-state index in [-0.39, 0.29) is 11.6 Å². The molecule has 1 aromatic carbocycles. The fourth-order valence-corrected chi connectivity index (χ4v) is 2.74. The summed E-state index contributed by atoms with van der Waals surface area (Å²) < 4.78 is 5.13. The zero-order valence-corrected chi connectivity index (χ0v) is 12.0. The van der Waals surface area contributed by atoms with Crippen LogP contribution >= 0.6 is 22.9 Å². The van der Waals surface area contributed by atoms with Crippen LogP contribution in [0.25, 0.3) is 0 Å². The minimum Gasteiger partial charge on any atom is -0.495 e. The largest absolute Gasteiger partial charge is 0.495 e. The van der Waals surface area contributed by atoms with E-state index >= 15 is 0 Å². The number of methoxy groups -OCH3 is 1. The number of rotatable bonds is 4. The van der Waals surface area contributed by atoms with Gasteiger partial charge in [0.05, 0.1) is 7.11 Å². The Morgan fingerprint density at radius 2 is 1.95 bits per heavy atom. The maximum atomic E-state index is 12.5. The van der Waals surface area contributed by atoms with Crippen LogP contribution in [0, 0.1) is 0 Å². The second-order valence-electron chi connectivity index (χ2n) is 3.89. The van der Waals surface area contributed by atoms with E-state index in [0.717, 1.165) is 0 Å². The number of carbonyl (C=O) groups is 2. The molecule has 0 saturated carbocycles. The number of carbonyl (C=O) groups excluding carboxylic acids is 2. The van der Waals surface area contributed by atoms with Gasteiger partial charge >= 0.3 is 0 Å². The predicted molar refractivity (Wildman–Crippen MR) is 75.8 cm³/mol. The second kappa shape index (κ2) is 5.55. The van der Waals surface area contributed by atoms with Gasteiger partial charge in [-0.3, -0.25) is 9.59 Å². The summed E-state index contributed by atoms with van der Waals surface area (Å²) in [7, 11) is 1.50. The van der Waals surface area contributed by atoms with Gasteiger partial charge in [0.25, 0.3) is 0 Å². The van der Waals surface area contributed by atoms with E-state index in [1.165, 1.54) is 31.4 Å². The highest BCUT2D eigenvalue weighted by atomic mass is 35.5. The first kappa shape index (κ1) is 13.8. The van der Waals surface area contributed by atoms with Gasteiger partial charge in [0.1, 0.15) is 10.6 Å². The van der Waals surface area contributed by atoms with E-state index in [1.54, 1.807) is 23.6 Å². The lowest BCUT2D eigenvalue weighted by molar-refractivity contribution is 0.0990. The molecular formula is C14H11ClO3S. The molecule has 2 aromatic rings. The zero-order valence-electron chi connectivity index (χ0n) is 10.4. The van der Waals surface area contributed by atoms with Crippen molar-refractivity contribution in [3.8, 4) is 5.75 Å². The minimum absolute atomic E-state index is 0.171. The van der Waals surface area contributed by atoms with Crippen LogP contribution in [0.1, 0.15) is 32.5 Å². The molecule has 0 aliphatic heterocycles. The molecule has 0 amide bonds. The molecule has 1 aromatic heterocycles. The molecule has 5 heteroatoms. The average Bonchev–Trinajstić information content (AvgIpc) is 2.85. The molecule has 1 heterocycles. The van der Waals surface area contributed by atoms with Crippen LogP contribution in [0.2, 0.25) is 5.02 Å². The number of benzene rings is 1. The van der Waals surface area contributed by atoms with E-state index in [2.05, 4.69) is 0 Å². The maximum Gasteiger partial charge on any atom is 0.207 e. The number of ether oxygens (including phenoxy) is 1. The van der Waals surface area contributed by atoms with Gasteiger partial charge in [-0.25, -0.2) is 0 Å². The molecule has 19 heavy (non-hydrogen) atoms. The minimum atomic E-state index is -0.250. The van der Waals surface area contributed by atoms with Gasteiger partial charge in [0, 0.05) is 16.1 Å². The number of halogens is 1. The van der Waals surface area contributed by atoms with Crippen LogP contribution < -0.4 is 4.74 Å². The van der Waals surface area contributed by atoms with E-state index in [0.29, 0.717) is 26.8 Å². The Morgan fingerprint density at radius 1 is 1.21 bits per heavy atom. The fraction of sp³-hybridized carbons (Fsp3) is 0.143. The van der Waals surface area contributed by atoms with Gasteiger partial charge in [-0.2, -0.15) is 0 Å². The first-order valence-corrected chi connectivity index (χ1v) is 6.77. The van der Waals surface area contributed by atoms with Crippen molar-refractivity contribution in [2.75, 3.05) is 7.11 Å². The zero-order chi connectivity index (χ0) is 14.0. The molecule has 0 N–H and O–H groups in total. The van der Waals surface area contributed by atoms with Crippen molar-refractivity contribution >= 4 is 34.5 Å². The summed E-state index contributed by atoms with van der Waals surface area (Å²) in [6, 6.07) is 6.40. The summed E-state index contributed by atoms with van der Waals surface area (Å²) in [4.78, 5) is 24.5. The Balaban J connectivity index is 2.55. The van der Waals surface area contributed by atoms with Crippen molar-refractivity contribution < 1.29 is 14.3 Å². The van der Waals surface area contributed by atoms with Crippen LogP contribution in [0.3, 0.4) is 0 Å². The molecule has 0 bridgehead atoms. The standard InChI is InChI=1S/C14H11ClO3S/c1-8(16)10-4-3-9(15)7-11(10)13(17)14-12(18-2)5-6-19-14/h3-7H,1-2H3.